The van der Waals surface area contributed by atoms with Crippen molar-refractivity contribution in [3.8, 4) is 11.5 Å². The molecule has 0 bridgehead atoms. The number of aliphatic hydroxyl groups excluding tert-OH is 1. The number of aliphatic hydroxyl groups is 1. The van der Waals surface area contributed by atoms with Crippen LogP contribution in [0.4, 0.5) is 10.5 Å². The number of ether oxygens (including phenoxy) is 3. The number of amides is 2. The summed E-state index contributed by atoms with van der Waals surface area (Å²) in [5.74, 6) is 0.478. The maximum Gasteiger partial charge on any atom is 0.417 e. The third-order valence-corrected chi connectivity index (χ3v) is 4.75. The van der Waals surface area contributed by atoms with Crippen molar-refractivity contribution in [3.63, 3.8) is 0 Å². The Morgan fingerprint density at radius 1 is 1.19 bits per heavy atom. The molecule has 0 aromatic heterocycles. The SMILES string of the molecule is COc1cc2c(cc1OC)N(C(=O)OC(C)(C)C)[C@@H](O)[C@@H]1CCCN1C2=O. The van der Waals surface area contributed by atoms with E-state index in [0.29, 0.717) is 24.5 Å². The fourth-order valence-electron chi connectivity index (χ4n) is 3.58. The summed E-state index contributed by atoms with van der Waals surface area (Å²) in [6.07, 6.45) is -0.567. The van der Waals surface area contributed by atoms with Gasteiger partial charge >= 0.3 is 6.09 Å². The van der Waals surface area contributed by atoms with Crippen LogP contribution in [0.2, 0.25) is 0 Å². The summed E-state index contributed by atoms with van der Waals surface area (Å²) >= 11 is 0. The van der Waals surface area contributed by atoms with Gasteiger partial charge in [-0.05, 0) is 39.7 Å². The lowest BCUT2D eigenvalue weighted by atomic mass is 10.1. The largest absolute Gasteiger partial charge is 0.493 e. The van der Waals surface area contributed by atoms with E-state index in [1.807, 2.05) is 0 Å². The molecule has 2 amide bonds. The minimum atomic E-state index is -1.22. The molecule has 27 heavy (non-hydrogen) atoms. The standard InChI is InChI=1S/C19H26N2O6/c1-19(2,3)27-18(24)21-13-10-15(26-5)14(25-4)9-11(13)16(22)20-8-6-7-12(20)17(21)23/h9-10,12,17,23H,6-8H2,1-5H3/t12-,17-/m0/s1. The van der Waals surface area contributed by atoms with Crippen LogP contribution in [-0.4, -0.2) is 60.6 Å². The lowest BCUT2D eigenvalue weighted by Gasteiger charge is -2.33. The van der Waals surface area contributed by atoms with Crippen LogP contribution in [0.25, 0.3) is 0 Å². The molecule has 0 spiro atoms. The summed E-state index contributed by atoms with van der Waals surface area (Å²) in [4.78, 5) is 28.8. The van der Waals surface area contributed by atoms with E-state index in [9.17, 15) is 14.7 Å². The van der Waals surface area contributed by atoms with Crippen molar-refractivity contribution in [1.29, 1.82) is 0 Å². The Morgan fingerprint density at radius 3 is 2.41 bits per heavy atom. The number of nitrogens with zero attached hydrogens (tertiary/aromatic N) is 2. The number of anilines is 1. The van der Waals surface area contributed by atoms with Gasteiger partial charge in [0.25, 0.3) is 5.91 Å². The number of fused-ring (bicyclic) bond motifs is 2. The molecule has 2 aliphatic rings. The Morgan fingerprint density at radius 2 is 1.81 bits per heavy atom. The summed E-state index contributed by atoms with van der Waals surface area (Å²) in [6.45, 7) is 5.77. The number of carbonyl (C=O) groups is 2. The van der Waals surface area contributed by atoms with Crippen molar-refractivity contribution >= 4 is 17.7 Å². The molecular formula is C19H26N2O6. The quantitative estimate of drug-likeness (QED) is 0.850. The zero-order valence-corrected chi connectivity index (χ0v) is 16.3. The number of hydrogen-bond acceptors (Lipinski definition) is 6. The number of rotatable bonds is 2. The highest BCUT2D eigenvalue weighted by Crippen LogP contribution is 2.41. The number of benzene rings is 1. The van der Waals surface area contributed by atoms with Crippen molar-refractivity contribution in [1.82, 2.24) is 4.90 Å². The third-order valence-electron chi connectivity index (χ3n) is 4.75. The highest BCUT2D eigenvalue weighted by atomic mass is 16.6. The van der Waals surface area contributed by atoms with Gasteiger partial charge in [-0.25, -0.2) is 9.69 Å². The molecule has 3 rings (SSSR count). The summed E-state index contributed by atoms with van der Waals surface area (Å²) in [6, 6.07) is 2.58. The number of carbonyl (C=O) groups excluding carboxylic acids is 2. The van der Waals surface area contributed by atoms with Crippen molar-refractivity contribution in [3.05, 3.63) is 17.7 Å². The first-order chi connectivity index (χ1) is 12.7. The first-order valence-electron chi connectivity index (χ1n) is 8.95. The first-order valence-corrected chi connectivity index (χ1v) is 8.95. The summed E-state index contributed by atoms with van der Waals surface area (Å²) in [5, 5.41) is 11.0. The maximum absolute atomic E-state index is 13.1. The van der Waals surface area contributed by atoms with Crippen LogP contribution in [0.5, 0.6) is 11.5 Å². The monoisotopic (exact) mass is 378 g/mol. The average Bonchev–Trinajstić information content (AvgIpc) is 3.06. The van der Waals surface area contributed by atoms with E-state index in [0.717, 1.165) is 11.3 Å². The van der Waals surface area contributed by atoms with E-state index >= 15 is 0 Å². The number of hydrogen-bond donors (Lipinski definition) is 1. The second kappa shape index (κ2) is 6.92. The van der Waals surface area contributed by atoms with E-state index in [2.05, 4.69) is 0 Å². The molecule has 2 aliphatic heterocycles. The smallest absolute Gasteiger partial charge is 0.417 e. The molecule has 1 aromatic carbocycles. The van der Waals surface area contributed by atoms with Crippen LogP contribution >= 0.6 is 0 Å². The lowest BCUT2D eigenvalue weighted by Crippen LogP contribution is -2.51. The van der Waals surface area contributed by atoms with Gasteiger partial charge in [0.15, 0.2) is 17.7 Å². The Labute approximate surface area is 158 Å². The van der Waals surface area contributed by atoms with Gasteiger partial charge in [0.2, 0.25) is 0 Å². The predicted octanol–water partition coefficient (Wildman–Crippen LogP) is 2.38. The van der Waals surface area contributed by atoms with Crippen LogP contribution in [-0.2, 0) is 4.74 Å². The Hall–Kier alpha value is -2.48. The minimum absolute atomic E-state index is 0.244. The van der Waals surface area contributed by atoms with Crippen molar-refractivity contribution in [2.75, 3.05) is 25.7 Å². The normalized spacial score (nSPS) is 22.1. The van der Waals surface area contributed by atoms with Crippen molar-refractivity contribution in [2.45, 2.75) is 51.5 Å². The van der Waals surface area contributed by atoms with Gasteiger partial charge in [-0.1, -0.05) is 0 Å². The molecular weight excluding hydrogens is 352 g/mol. The zero-order chi connectivity index (χ0) is 19.9. The summed E-state index contributed by atoms with van der Waals surface area (Å²) in [5.41, 5.74) is -0.241. The molecule has 0 saturated carbocycles. The molecule has 1 fully saturated rings. The molecule has 2 atom stereocenters. The van der Waals surface area contributed by atoms with Crippen LogP contribution in [0.3, 0.4) is 0 Å². The van der Waals surface area contributed by atoms with E-state index in [1.165, 1.54) is 20.3 Å². The third kappa shape index (κ3) is 3.41. The van der Waals surface area contributed by atoms with Gasteiger partial charge < -0.3 is 24.2 Å². The fraction of sp³-hybridized carbons (Fsp3) is 0.579. The molecule has 8 nitrogen and oxygen atoms in total. The van der Waals surface area contributed by atoms with Gasteiger partial charge in [-0.3, -0.25) is 4.79 Å². The Bertz CT molecular complexity index is 757. The van der Waals surface area contributed by atoms with Crippen LogP contribution in [0.15, 0.2) is 12.1 Å². The van der Waals surface area contributed by atoms with Crippen molar-refractivity contribution < 1.29 is 28.9 Å². The van der Waals surface area contributed by atoms with E-state index < -0.39 is 24.0 Å². The van der Waals surface area contributed by atoms with E-state index in [1.54, 1.807) is 31.7 Å². The lowest BCUT2D eigenvalue weighted by molar-refractivity contribution is 0.0310. The van der Waals surface area contributed by atoms with E-state index in [4.69, 9.17) is 14.2 Å². The molecule has 1 saturated heterocycles. The van der Waals surface area contributed by atoms with Gasteiger partial charge in [-0.2, -0.15) is 0 Å². The van der Waals surface area contributed by atoms with Gasteiger partial charge in [0.1, 0.15) is 5.60 Å². The first kappa shape index (κ1) is 19.3. The van der Waals surface area contributed by atoms with Crippen molar-refractivity contribution in [2.24, 2.45) is 0 Å². The average molecular weight is 378 g/mol. The van der Waals surface area contributed by atoms with Crippen LogP contribution in [0, 0.1) is 0 Å². The Kier molecular flexibility index (Phi) is 4.94. The Balaban J connectivity index is 2.18. The highest BCUT2D eigenvalue weighted by molar-refractivity contribution is 6.06. The summed E-state index contributed by atoms with van der Waals surface area (Å²) in [7, 11) is 2.94. The predicted molar refractivity (Wildman–Crippen MR) is 98.3 cm³/mol. The van der Waals surface area contributed by atoms with Crippen LogP contribution in [0.1, 0.15) is 44.0 Å². The fourth-order valence-corrected chi connectivity index (χ4v) is 3.58. The molecule has 1 aromatic rings. The minimum Gasteiger partial charge on any atom is -0.493 e. The zero-order valence-electron chi connectivity index (χ0n) is 16.3. The molecule has 2 heterocycles. The molecule has 0 unspecified atom stereocenters. The summed E-state index contributed by atoms with van der Waals surface area (Å²) < 4.78 is 16.1. The second-order valence-corrected chi connectivity index (χ2v) is 7.70. The van der Waals surface area contributed by atoms with Gasteiger partial charge in [-0.15, -0.1) is 0 Å². The van der Waals surface area contributed by atoms with Gasteiger partial charge in [0, 0.05) is 12.6 Å². The highest BCUT2D eigenvalue weighted by Gasteiger charge is 2.45. The van der Waals surface area contributed by atoms with Gasteiger partial charge in [0.05, 0.1) is 31.5 Å². The number of methoxy groups -OCH3 is 2. The molecule has 1 N–H and O–H groups in total. The molecule has 8 heteroatoms. The van der Waals surface area contributed by atoms with E-state index in [-0.39, 0.29) is 17.2 Å². The topological polar surface area (TPSA) is 88.5 Å². The molecule has 0 aliphatic carbocycles. The van der Waals surface area contributed by atoms with Crippen LogP contribution < -0.4 is 14.4 Å². The maximum atomic E-state index is 13.1. The second-order valence-electron chi connectivity index (χ2n) is 7.70. The molecule has 0 radical (unpaired) electrons. The molecule has 148 valence electrons.